The van der Waals surface area contributed by atoms with E-state index in [0.717, 1.165) is 0 Å². The number of rotatable bonds is 4. The van der Waals surface area contributed by atoms with E-state index in [9.17, 15) is 21.6 Å². The molecule has 130 valence electrons. The highest BCUT2D eigenvalue weighted by atomic mass is 32.2. The maximum absolute atomic E-state index is 12.5. The molecule has 0 spiro atoms. The molecule has 0 bridgehead atoms. The molecule has 0 radical (unpaired) electrons. The first-order valence-corrected chi connectivity index (χ1v) is 8.81. The van der Waals surface area contributed by atoms with Crippen molar-refractivity contribution in [3.63, 3.8) is 0 Å². The Kier molecular flexibility index (Phi) is 5.70. The van der Waals surface area contributed by atoms with Crippen LogP contribution >= 0.6 is 0 Å². The highest BCUT2D eigenvalue weighted by Gasteiger charge is 2.34. The Balaban J connectivity index is 1.83. The summed E-state index contributed by atoms with van der Waals surface area (Å²) in [6.07, 6.45) is -5.01. The summed E-state index contributed by atoms with van der Waals surface area (Å²) in [4.78, 5) is 3.74. The van der Waals surface area contributed by atoms with Gasteiger partial charge in [0.2, 0.25) is 0 Å². The number of nitrogens with zero attached hydrogens (tertiary/aromatic N) is 4. The van der Waals surface area contributed by atoms with Crippen molar-refractivity contribution in [3.05, 3.63) is 0 Å². The smallest absolute Gasteiger partial charge is 0.304 e. The molecule has 2 aliphatic heterocycles. The molecular formula is C12H23F3N4O2S. The van der Waals surface area contributed by atoms with Crippen LogP contribution in [0, 0.1) is 0 Å². The lowest BCUT2D eigenvalue weighted by Crippen LogP contribution is -2.56. The first-order valence-electron chi connectivity index (χ1n) is 7.41. The molecule has 0 aromatic carbocycles. The van der Waals surface area contributed by atoms with Crippen molar-refractivity contribution in [2.75, 3.05) is 66.0 Å². The van der Waals surface area contributed by atoms with Gasteiger partial charge in [0.15, 0.2) is 0 Å². The van der Waals surface area contributed by atoms with Gasteiger partial charge in [0.05, 0.1) is 6.42 Å². The molecule has 0 amide bonds. The molecule has 2 rings (SSSR count). The summed E-state index contributed by atoms with van der Waals surface area (Å²) in [5.41, 5.74) is 0. The second kappa shape index (κ2) is 7.00. The zero-order chi connectivity index (χ0) is 16.4. The lowest BCUT2D eigenvalue weighted by atomic mass is 10.3. The summed E-state index contributed by atoms with van der Waals surface area (Å²) in [7, 11) is -1.54. The largest absolute Gasteiger partial charge is 0.390 e. The van der Waals surface area contributed by atoms with Gasteiger partial charge >= 0.3 is 6.18 Å². The molecule has 0 aromatic rings. The summed E-state index contributed by atoms with van der Waals surface area (Å²) in [6, 6.07) is 0. The molecule has 2 aliphatic rings. The van der Waals surface area contributed by atoms with Crippen molar-refractivity contribution < 1.29 is 21.6 Å². The van der Waals surface area contributed by atoms with Crippen LogP contribution in [0.5, 0.6) is 0 Å². The molecule has 0 atom stereocenters. The quantitative estimate of drug-likeness (QED) is 0.723. The van der Waals surface area contributed by atoms with Gasteiger partial charge < -0.3 is 9.80 Å². The molecule has 22 heavy (non-hydrogen) atoms. The monoisotopic (exact) mass is 344 g/mol. The average Bonchev–Trinajstić information content (AvgIpc) is 2.45. The molecule has 2 saturated heterocycles. The number of piperazine rings is 2. The van der Waals surface area contributed by atoms with Crippen molar-refractivity contribution in [1.82, 2.24) is 18.4 Å². The van der Waals surface area contributed by atoms with E-state index in [1.807, 2.05) is 7.05 Å². The molecule has 6 nitrogen and oxygen atoms in total. The van der Waals surface area contributed by atoms with Crippen molar-refractivity contribution in [2.45, 2.75) is 12.6 Å². The van der Waals surface area contributed by atoms with Crippen LogP contribution in [0.15, 0.2) is 0 Å². The molecule has 10 heteroatoms. The maximum atomic E-state index is 12.5. The van der Waals surface area contributed by atoms with Gasteiger partial charge in [-0.2, -0.15) is 30.2 Å². The van der Waals surface area contributed by atoms with Gasteiger partial charge in [-0.1, -0.05) is 0 Å². The lowest BCUT2D eigenvalue weighted by Gasteiger charge is -2.39. The fraction of sp³-hybridized carbons (Fsp3) is 1.00. The van der Waals surface area contributed by atoms with Crippen LogP contribution < -0.4 is 0 Å². The highest BCUT2D eigenvalue weighted by molar-refractivity contribution is 7.86. The maximum Gasteiger partial charge on any atom is 0.390 e. The third-order valence-electron chi connectivity index (χ3n) is 4.16. The Bertz CT molecular complexity index is 455. The topological polar surface area (TPSA) is 47.1 Å². The van der Waals surface area contributed by atoms with Crippen LogP contribution in [0.3, 0.4) is 0 Å². The SMILES string of the molecule is CN1CCN(S(=O)(=O)N2CCN(CCC(F)(F)F)CC2)CC1. The molecule has 2 heterocycles. The second-order valence-electron chi connectivity index (χ2n) is 5.82. The predicted octanol–water partition coefficient (Wildman–Crippen LogP) is 0.0486. The van der Waals surface area contributed by atoms with E-state index in [2.05, 4.69) is 4.90 Å². The molecule has 0 aliphatic carbocycles. The summed E-state index contributed by atoms with van der Waals surface area (Å²) < 4.78 is 64.5. The van der Waals surface area contributed by atoms with Crippen molar-refractivity contribution in [1.29, 1.82) is 0 Å². The lowest BCUT2D eigenvalue weighted by molar-refractivity contribution is -0.138. The molecule has 0 N–H and O–H groups in total. The zero-order valence-corrected chi connectivity index (χ0v) is 13.5. The van der Waals surface area contributed by atoms with Crippen LogP contribution in [0.1, 0.15) is 6.42 Å². The summed E-state index contributed by atoms with van der Waals surface area (Å²) in [5, 5.41) is 0. The van der Waals surface area contributed by atoms with Crippen molar-refractivity contribution >= 4 is 10.2 Å². The van der Waals surface area contributed by atoms with Crippen LogP contribution in [0.2, 0.25) is 0 Å². The van der Waals surface area contributed by atoms with E-state index in [1.54, 1.807) is 4.90 Å². The van der Waals surface area contributed by atoms with E-state index in [0.29, 0.717) is 39.3 Å². The Morgan fingerprint density at radius 3 is 1.77 bits per heavy atom. The van der Waals surface area contributed by atoms with Crippen molar-refractivity contribution in [3.8, 4) is 0 Å². The first kappa shape index (κ1) is 17.9. The normalized spacial score (nSPS) is 24.7. The van der Waals surface area contributed by atoms with Crippen LogP contribution in [-0.4, -0.2) is 99.0 Å². The molecule has 0 saturated carbocycles. The minimum absolute atomic E-state index is 0.0636. The minimum Gasteiger partial charge on any atom is -0.304 e. The number of hydrogen-bond donors (Lipinski definition) is 0. The van der Waals surface area contributed by atoms with E-state index in [4.69, 9.17) is 0 Å². The van der Waals surface area contributed by atoms with E-state index < -0.39 is 22.8 Å². The first-order chi connectivity index (χ1) is 10.2. The second-order valence-corrected chi connectivity index (χ2v) is 7.74. The van der Waals surface area contributed by atoms with E-state index >= 15 is 0 Å². The molecule has 0 aromatic heterocycles. The van der Waals surface area contributed by atoms with Gasteiger partial charge in [-0.25, -0.2) is 0 Å². The standard InChI is InChI=1S/C12H23F3N4O2S/c1-16-4-8-18(9-5-16)22(20,21)19-10-6-17(7-11-19)3-2-12(13,14)15/h2-11H2,1H3. The summed E-state index contributed by atoms with van der Waals surface area (Å²) >= 11 is 0. The fourth-order valence-corrected chi connectivity index (χ4v) is 4.23. The average molecular weight is 344 g/mol. The van der Waals surface area contributed by atoms with Crippen molar-refractivity contribution in [2.24, 2.45) is 0 Å². The highest BCUT2D eigenvalue weighted by Crippen LogP contribution is 2.21. The van der Waals surface area contributed by atoms with E-state index in [-0.39, 0.29) is 19.6 Å². The Labute approximate surface area is 129 Å². The van der Waals surface area contributed by atoms with Crippen LogP contribution in [0.25, 0.3) is 0 Å². The number of likely N-dealkylation sites (N-methyl/N-ethyl adjacent to an activating group) is 1. The molecule has 2 fully saturated rings. The Hall–Kier alpha value is -0.420. The number of alkyl halides is 3. The third kappa shape index (κ3) is 4.79. The minimum atomic E-state index is -4.16. The van der Waals surface area contributed by atoms with Crippen LogP contribution in [0.4, 0.5) is 13.2 Å². The van der Waals surface area contributed by atoms with Gasteiger partial charge in [0.1, 0.15) is 0 Å². The fourth-order valence-electron chi connectivity index (χ4n) is 2.65. The van der Waals surface area contributed by atoms with Gasteiger partial charge in [0.25, 0.3) is 10.2 Å². The van der Waals surface area contributed by atoms with Gasteiger partial charge in [-0.15, -0.1) is 0 Å². The van der Waals surface area contributed by atoms with Gasteiger partial charge in [-0.3, -0.25) is 0 Å². The number of hydrogen-bond acceptors (Lipinski definition) is 4. The molecular weight excluding hydrogens is 321 g/mol. The van der Waals surface area contributed by atoms with Gasteiger partial charge in [0, 0.05) is 58.9 Å². The third-order valence-corrected chi connectivity index (χ3v) is 6.19. The zero-order valence-electron chi connectivity index (χ0n) is 12.7. The Morgan fingerprint density at radius 1 is 0.864 bits per heavy atom. The molecule has 0 unspecified atom stereocenters. The summed E-state index contributed by atoms with van der Waals surface area (Å²) in [5.74, 6) is 0. The van der Waals surface area contributed by atoms with Gasteiger partial charge in [-0.05, 0) is 7.05 Å². The van der Waals surface area contributed by atoms with E-state index in [1.165, 1.54) is 8.61 Å². The number of halogens is 3. The van der Waals surface area contributed by atoms with Crippen LogP contribution in [-0.2, 0) is 10.2 Å². The summed E-state index contributed by atoms with van der Waals surface area (Å²) in [6.45, 7) is 3.48. The predicted molar refractivity (Wildman–Crippen MR) is 76.7 cm³/mol. The Morgan fingerprint density at radius 2 is 1.32 bits per heavy atom.